The van der Waals surface area contributed by atoms with Gasteiger partial charge in [0.2, 0.25) is 11.9 Å². The van der Waals surface area contributed by atoms with Crippen LogP contribution in [0, 0.1) is 12.8 Å². The van der Waals surface area contributed by atoms with Gasteiger partial charge in [-0.15, -0.1) is 21.5 Å². The average Bonchev–Trinajstić information content (AvgIpc) is 3.08. The first kappa shape index (κ1) is 15.9. The van der Waals surface area contributed by atoms with E-state index < -0.39 is 0 Å². The van der Waals surface area contributed by atoms with E-state index in [0.29, 0.717) is 12.5 Å². The van der Waals surface area contributed by atoms with Crippen LogP contribution in [0.15, 0.2) is 5.51 Å². The number of thiazole rings is 1. The van der Waals surface area contributed by atoms with Gasteiger partial charge in [-0.2, -0.15) is 0 Å². The van der Waals surface area contributed by atoms with Crippen LogP contribution in [0.1, 0.15) is 26.5 Å². The molecule has 8 heteroatoms. The molecule has 124 valence electrons. The van der Waals surface area contributed by atoms with Crippen molar-refractivity contribution in [2.75, 3.05) is 18.0 Å². The summed E-state index contributed by atoms with van der Waals surface area (Å²) in [4.78, 5) is 19.4. The number of carbonyl (C=O) groups is 1. The van der Waals surface area contributed by atoms with E-state index in [1.807, 2.05) is 24.3 Å². The maximum absolute atomic E-state index is 12.0. The van der Waals surface area contributed by atoms with Gasteiger partial charge >= 0.3 is 0 Å². The molecule has 1 aliphatic heterocycles. The summed E-state index contributed by atoms with van der Waals surface area (Å²) in [5.74, 6) is 2.09. The molecule has 0 bridgehead atoms. The fourth-order valence-corrected chi connectivity index (χ4v) is 3.58. The van der Waals surface area contributed by atoms with Crippen molar-refractivity contribution in [3.05, 3.63) is 11.2 Å². The first-order valence-electron chi connectivity index (χ1n) is 7.87. The van der Waals surface area contributed by atoms with Crippen LogP contribution in [-0.4, -0.2) is 44.8 Å². The molecule has 1 N–H and O–H groups in total. The summed E-state index contributed by atoms with van der Waals surface area (Å²) in [6, 6.07) is -0.241. The SMILES string of the molecule is Cc1ncsc1-c1nnc(N2CCNC(=O)C2C)n1CC(C)C. The van der Waals surface area contributed by atoms with Crippen LogP contribution in [0.4, 0.5) is 5.95 Å². The van der Waals surface area contributed by atoms with E-state index in [9.17, 15) is 4.79 Å². The lowest BCUT2D eigenvalue weighted by Crippen LogP contribution is -2.54. The lowest BCUT2D eigenvalue weighted by Gasteiger charge is -2.33. The minimum Gasteiger partial charge on any atom is -0.353 e. The molecule has 3 heterocycles. The second-order valence-corrected chi connectivity index (χ2v) is 7.11. The van der Waals surface area contributed by atoms with Crippen molar-refractivity contribution in [1.29, 1.82) is 0 Å². The normalized spacial score (nSPS) is 18.6. The number of amides is 1. The highest BCUT2D eigenvalue weighted by atomic mass is 32.1. The van der Waals surface area contributed by atoms with Crippen molar-refractivity contribution >= 4 is 23.2 Å². The largest absolute Gasteiger partial charge is 0.353 e. The van der Waals surface area contributed by atoms with Crippen molar-refractivity contribution < 1.29 is 4.79 Å². The molecule has 1 fully saturated rings. The monoisotopic (exact) mass is 334 g/mol. The van der Waals surface area contributed by atoms with Gasteiger partial charge in [0.15, 0.2) is 5.82 Å². The molecule has 0 saturated carbocycles. The van der Waals surface area contributed by atoms with Crippen molar-refractivity contribution in [3.8, 4) is 10.7 Å². The number of rotatable bonds is 4. The molecule has 1 amide bonds. The van der Waals surface area contributed by atoms with E-state index in [-0.39, 0.29) is 11.9 Å². The highest BCUT2D eigenvalue weighted by Gasteiger charge is 2.30. The Labute approximate surface area is 139 Å². The second kappa shape index (κ2) is 6.27. The average molecular weight is 334 g/mol. The summed E-state index contributed by atoms with van der Waals surface area (Å²) in [5.41, 5.74) is 2.79. The zero-order valence-corrected chi connectivity index (χ0v) is 14.7. The topological polar surface area (TPSA) is 75.9 Å². The van der Waals surface area contributed by atoms with Gasteiger partial charge in [-0.3, -0.25) is 9.36 Å². The Hall–Kier alpha value is -1.96. The summed E-state index contributed by atoms with van der Waals surface area (Å²) in [5, 5.41) is 11.7. The van der Waals surface area contributed by atoms with E-state index >= 15 is 0 Å². The Morgan fingerprint density at radius 3 is 2.87 bits per heavy atom. The van der Waals surface area contributed by atoms with Crippen LogP contribution in [0.2, 0.25) is 0 Å². The lowest BCUT2D eigenvalue weighted by atomic mass is 10.2. The van der Waals surface area contributed by atoms with Gasteiger partial charge in [-0.25, -0.2) is 4.98 Å². The number of carbonyl (C=O) groups excluding carboxylic acids is 1. The molecule has 23 heavy (non-hydrogen) atoms. The fraction of sp³-hybridized carbons (Fsp3) is 0.600. The van der Waals surface area contributed by atoms with Gasteiger partial charge in [0.1, 0.15) is 6.04 Å². The van der Waals surface area contributed by atoms with Crippen molar-refractivity contribution in [3.63, 3.8) is 0 Å². The number of nitrogens with zero attached hydrogens (tertiary/aromatic N) is 5. The summed E-state index contributed by atoms with van der Waals surface area (Å²) < 4.78 is 2.13. The Morgan fingerprint density at radius 2 is 2.22 bits per heavy atom. The van der Waals surface area contributed by atoms with Crippen molar-refractivity contribution in [2.45, 2.75) is 40.3 Å². The molecule has 1 atom stereocenters. The summed E-state index contributed by atoms with van der Waals surface area (Å²) in [6.07, 6.45) is 0. The second-order valence-electron chi connectivity index (χ2n) is 6.26. The zero-order valence-electron chi connectivity index (χ0n) is 13.9. The van der Waals surface area contributed by atoms with Crippen molar-refractivity contribution in [1.82, 2.24) is 25.1 Å². The van der Waals surface area contributed by atoms with Crippen LogP contribution < -0.4 is 10.2 Å². The molecule has 0 aliphatic carbocycles. The number of hydrogen-bond acceptors (Lipinski definition) is 6. The Balaban J connectivity index is 2.05. The predicted molar refractivity (Wildman–Crippen MR) is 90.5 cm³/mol. The number of nitrogens with one attached hydrogen (secondary N) is 1. The first-order chi connectivity index (χ1) is 11.0. The highest BCUT2D eigenvalue weighted by Crippen LogP contribution is 2.30. The van der Waals surface area contributed by atoms with Crippen LogP contribution in [0.5, 0.6) is 0 Å². The van der Waals surface area contributed by atoms with E-state index in [2.05, 4.69) is 38.9 Å². The van der Waals surface area contributed by atoms with E-state index in [1.54, 1.807) is 11.3 Å². The van der Waals surface area contributed by atoms with Gasteiger partial charge < -0.3 is 10.2 Å². The predicted octanol–water partition coefficient (Wildman–Crippen LogP) is 1.69. The molecule has 2 aromatic rings. The van der Waals surface area contributed by atoms with Crippen LogP contribution in [0.3, 0.4) is 0 Å². The van der Waals surface area contributed by atoms with Crippen molar-refractivity contribution in [2.24, 2.45) is 5.92 Å². The number of anilines is 1. The molecule has 3 rings (SSSR count). The quantitative estimate of drug-likeness (QED) is 0.921. The third-order valence-electron chi connectivity index (χ3n) is 3.98. The van der Waals surface area contributed by atoms with Crippen LogP contribution in [0.25, 0.3) is 10.7 Å². The summed E-state index contributed by atoms with van der Waals surface area (Å²) in [7, 11) is 0. The third kappa shape index (κ3) is 2.95. The molecule has 1 aliphatic rings. The maximum atomic E-state index is 12.0. The zero-order chi connectivity index (χ0) is 16.6. The summed E-state index contributed by atoms with van der Waals surface area (Å²) >= 11 is 1.57. The molecule has 1 unspecified atom stereocenters. The fourth-order valence-electron chi connectivity index (χ4n) is 2.78. The van der Waals surface area contributed by atoms with Gasteiger partial charge in [0.05, 0.1) is 16.1 Å². The molecule has 2 aromatic heterocycles. The number of aryl methyl sites for hydroxylation is 1. The van der Waals surface area contributed by atoms with Gasteiger partial charge in [-0.05, 0) is 19.8 Å². The number of aromatic nitrogens is 4. The number of piperazine rings is 1. The minimum atomic E-state index is -0.241. The Kier molecular flexibility index (Phi) is 4.34. The molecule has 0 spiro atoms. The molecule has 0 radical (unpaired) electrons. The minimum absolute atomic E-state index is 0.0332. The van der Waals surface area contributed by atoms with Crippen LogP contribution >= 0.6 is 11.3 Å². The van der Waals surface area contributed by atoms with Gasteiger partial charge in [0.25, 0.3) is 0 Å². The number of hydrogen-bond donors (Lipinski definition) is 1. The molecular weight excluding hydrogens is 312 g/mol. The Bertz CT molecular complexity index is 707. The van der Waals surface area contributed by atoms with E-state index in [1.165, 1.54) is 0 Å². The summed E-state index contributed by atoms with van der Waals surface area (Å²) in [6.45, 7) is 10.4. The van der Waals surface area contributed by atoms with Crippen LogP contribution in [-0.2, 0) is 11.3 Å². The van der Waals surface area contributed by atoms with E-state index in [4.69, 9.17) is 0 Å². The van der Waals surface area contributed by atoms with Gasteiger partial charge in [-0.1, -0.05) is 13.8 Å². The van der Waals surface area contributed by atoms with Gasteiger partial charge in [0, 0.05) is 19.6 Å². The maximum Gasteiger partial charge on any atom is 0.242 e. The molecular formula is C15H22N6OS. The molecule has 0 aromatic carbocycles. The van der Waals surface area contributed by atoms with E-state index in [0.717, 1.165) is 35.4 Å². The third-order valence-corrected chi connectivity index (χ3v) is 4.91. The molecule has 1 saturated heterocycles. The highest BCUT2D eigenvalue weighted by molar-refractivity contribution is 7.13. The Morgan fingerprint density at radius 1 is 1.43 bits per heavy atom. The molecule has 7 nitrogen and oxygen atoms in total. The standard InChI is InChI=1S/C15H22N6OS/c1-9(2)7-21-13(12-10(3)17-8-23-12)18-19-15(21)20-6-5-16-14(22)11(20)4/h8-9,11H,5-7H2,1-4H3,(H,16,22). The lowest BCUT2D eigenvalue weighted by molar-refractivity contribution is -0.122. The smallest absolute Gasteiger partial charge is 0.242 e. The first-order valence-corrected chi connectivity index (χ1v) is 8.75.